The van der Waals surface area contributed by atoms with Crippen LogP contribution in [0, 0.1) is 5.92 Å². The Hall–Kier alpha value is -0.0100. The van der Waals surface area contributed by atoms with Gasteiger partial charge in [-0.15, -0.1) is 35.3 Å². The maximum absolute atomic E-state index is 5.95. The second-order valence-electron chi connectivity index (χ2n) is 5.12. The molecule has 0 atom stereocenters. The third kappa shape index (κ3) is 6.18. The van der Waals surface area contributed by atoms with E-state index in [1.807, 2.05) is 13.1 Å². The van der Waals surface area contributed by atoms with Gasteiger partial charge in [0.1, 0.15) is 0 Å². The fraction of sp³-hybridized carbons (Fsp3) is 0.643. The zero-order chi connectivity index (χ0) is 13.7. The van der Waals surface area contributed by atoms with Gasteiger partial charge < -0.3 is 10.2 Å². The van der Waals surface area contributed by atoms with Gasteiger partial charge in [0.15, 0.2) is 5.96 Å². The summed E-state index contributed by atoms with van der Waals surface area (Å²) in [6.45, 7) is 1.86. The highest BCUT2D eigenvalue weighted by molar-refractivity contribution is 14.0. The van der Waals surface area contributed by atoms with Crippen LogP contribution in [0.3, 0.4) is 0 Å². The number of guanidine groups is 1. The van der Waals surface area contributed by atoms with Crippen molar-refractivity contribution in [1.29, 1.82) is 0 Å². The van der Waals surface area contributed by atoms with Crippen molar-refractivity contribution in [3.8, 4) is 0 Å². The van der Waals surface area contributed by atoms with E-state index in [0.717, 1.165) is 29.3 Å². The normalized spacial score (nSPS) is 14.8. The molecule has 0 amide bonds. The first-order valence-corrected chi connectivity index (χ1v) is 8.04. The summed E-state index contributed by atoms with van der Waals surface area (Å²) in [4.78, 5) is 7.72. The molecule has 0 saturated heterocycles. The highest BCUT2D eigenvalue weighted by Crippen LogP contribution is 2.33. The Bertz CT molecular complexity index is 432. The molecule has 0 unspecified atom stereocenters. The van der Waals surface area contributed by atoms with Crippen LogP contribution in [0.15, 0.2) is 17.1 Å². The summed E-state index contributed by atoms with van der Waals surface area (Å²) in [5, 5.41) is 3.43. The standard InChI is InChI=1S/C14H22ClN3S.HI/c1-16-14(17-9-3-4-11-5-6-11)18(2)10-12-7-8-13(15)19-12;/h7-8,11H,3-6,9-10H2,1-2H3,(H,16,17);1H. The molecule has 0 aliphatic heterocycles. The number of rotatable bonds is 6. The van der Waals surface area contributed by atoms with Gasteiger partial charge in [-0.25, -0.2) is 0 Å². The molecule has 20 heavy (non-hydrogen) atoms. The number of nitrogens with one attached hydrogen (secondary N) is 1. The molecule has 1 aromatic heterocycles. The molecule has 114 valence electrons. The number of nitrogens with zero attached hydrogens (tertiary/aromatic N) is 2. The zero-order valence-electron chi connectivity index (χ0n) is 12.1. The molecule has 1 aliphatic carbocycles. The molecule has 0 spiro atoms. The summed E-state index contributed by atoms with van der Waals surface area (Å²) in [5.74, 6) is 1.97. The molecule has 1 N–H and O–H groups in total. The van der Waals surface area contributed by atoms with Crippen molar-refractivity contribution in [2.24, 2.45) is 10.9 Å². The van der Waals surface area contributed by atoms with Gasteiger partial charge in [0, 0.05) is 25.5 Å². The first-order chi connectivity index (χ1) is 9.19. The minimum Gasteiger partial charge on any atom is -0.356 e. The predicted molar refractivity (Wildman–Crippen MR) is 99.5 cm³/mol. The van der Waals surface area contributed by atoms with Crippen LogP contribution in [0.5, 0.6) is 0 Å². The van der Waals surface area contributed by atoms with Crippen LogP contribution >= 0.6 is 46.9 Å². The monoisotopic (exact) mass is 427 g/mol. The number of thiophene rings is 1. The third-order valence-electron chi connectivity index (χ3n) is 3.36. The number of halogens is 2. The van der Waals surface area contributed by atoms with Crippen LogP contribution < -0.4 is 5.32 Å². The van der Waals surface area contributed by atoms with E-state index in [2.05, 4.69) is 28.3 Å². The van der Waals surface area contributed by atoms with Gasteiger partial charge in [-0.1, -0.05) is 24.4 Å². The lowest BCUT2D eigenvalue weighted by Gasteiger charge is -2.21. The van der Waals surface area contributed by atoms with Crippen molar-refractivity contribution in [1.82, 2.24) is 10.2 Å². The van der Waals surface area contributed by atoms with Gasteiger partial charge >= 0.3 is 0 Å². The van der Waals surface area contributed by atoms with Crippen molar-refractivity contribution in [3.05, 3.63) is 21.3 Å². The first kappa shape index (κ1) is 18.0. The Labute approximate surface area is 147 Å². The molecule has 1 aromatic rings. The average Bonchev–Trinajstić information content (AvgIpc) is 3.12. The minimum atomic E-state index is 0. The SMILES string of the molecule is CN=C(NCCCC1CC1)N(C)Cc1ccc(Cl)s1.I. The van der Waals surface area contributed by atoms with Gasteiger partial charge in [-0.3, -0.25) is 4.99 Å². The maximum Gasteiger partial charge on any atom is 0.193 e. The predicted octanol–water partition coefficient (Wildman–Crippen LogP) is 4.22. The molecule has 1 aliphatic rings. The van der Waals surface area contributed by atoms with Crippen LogP contribution in [0.1, 0.15) is 30.6 Å². The molecule has 1 fully saturated rings. The molecule has 0 radical (unpaired) electrons. The summed E-state index contributed by atoms with van der Waals surface area (Å²) >= 11 is 7.57. The van der Waals surface area contributed by atoms with Crippen molar-refractivity contribution in [3.63, 3.8) is 0 Å². The molecular formula is C14H23ClIN3S. The lowest BCUT2D eigenvalue weighted by molar-refractivity contribution is 0.478. The molecule has 1 heterocycles. The van der Waals surface area contributed by atoms with Gasteiger partial charge in [-0.05, 0) is 30.9 Å². The number of hydrogen-bond acceptors (Lipinski definition) is 2. The summed E-state index contributed by atoms with van der Waals surface area (Å²) in [7, 11) is 3.89. The lowest BCUT2D eigenvalue weighted by Crippen LogP contribution is -2.38. The van der Waals surface area contributed by atoms with Crippen molar-refractivity contribution < 1.29 is 0 Å². The van der Waals surface area contributed by atoms with Crippen molar-refractivity contribution in [2.45, 2.75) is 32.2 Å². The van der Waals surface area contributed by atoms with Crippen molar-refractivity contribution >= 4 is 52.9 Å². The fourth-order valence-electron chi connectivity index (χ4n) is 2.13. The Kier molecular flexibility index (Phi) is 8.21. The quantitative estimate of drug-likeness (QED) is 0.319. The highest BCUT2D eigenvalue weighted by Gasteiger charge is 2.20. The molecule has 0 aromatic carbocycles. The van der Waals surface area contributed by atoms with E-state index in [1.165, 1.54) is 30.6 Å². The second kappa shape index (κ2) is 9.10. The van der Waals surface area contributed by atoms with E-state index < -0.39 is 0 Å². The number of hydrogen-bond donors (Lipinski definition) is 1. The largest absolute Gasteiger partial charge is 0.356 e. The van der Waals surface area contributed by atoms with Crippen LogP contribution in [0.2, 0.25) is 4.34 Å². The summed E-state index contributed by atoms with van der Waals surface area (Å²) in [6, 6.07) is 4.02. The van der Waals surface area contributed by atoms with Gasteiger partial charge in [0.05, 0.1) is 10.9 Å². The van der Waals surface area contributed by atoms with Crippen molar-refractivity contribution in [2.75, 3.05) is 20.6 Å². The highest BCUT2D eigenvalue weighted by atomic mass is 127. The smallest absolute Gasteiger partial charge is 0.193 e. The van der Waals surface area contributed by atoms with E-state index in [4.69, 9.17) is 11.6 Å². The molecule has 6 heteroatoms. The van der Waals surface area contributed by atoms with E-state index >= 15 is 0 Å². The van der Waals surface area contributed by atoms with Gasteiger partial charge in [0.25, 0.3) is 0 Å². The number of aliphatic imine (C=N–C) groups is 1. The molecule has 2 rings (SSSR count). The Morgan fingerprint density at radius 1 is 1.50 bits per heavy atom. The maximum atomic E-state index is 5.95. The summed E-state index contributed by atoms with van der Waals surface area (Å²) in [6.07, 6.45) is 5.47. The Morgan fingerprint density at radius 2 is 2.25 bits per heavy atom. The third-order valence-corrected chi connectivity index (χ3v) is 4.58. The Morgan fingerprint density at radius 3 is 2.80 bits per heavy atom. The zero-order valence-corrected chi connectivity index (χ0v) is 16.0. The van der Waals surface area contributed by atoms with Gasteiger partial charge in [0.2, 0.25) is 0 Å². The summed E-state index contributed by atoms with van der Waals surface area (Å²) < 4.78 is 0.843. The van der Waals surface area contributed by atoms with E-state index in [0.29, 0.717) is 0 Å². The molecule has 1 saturated carbocycles. The lowest BCUT2D eigenvalue weighted by atomic mass is 10.2. The van der Waals surface area contributed by atoms with Gasteiger partial charge in [-0.2, -0.15) is 0 Å². The Balaban J connectivity index is 0.00000200. The van der Waals surface area contributed by atoms with E-state index in [-0.39, 0.29) is 24.0 Å². The minimum absolute atomic E-state index is 0. The van der Waals surface area contributed by atoms with Crippen LogP contribution in [0.25, 0.3) is 0 Å². The molecule has 3 nitrogen and oxygen atoms in total. The second-order valence-corrected chi connectivity index (χ2v) is 6.92. The molecular weight excluding hydrogens is 405 g/mol. The fourth-order valence-corrected chi connectivity index (χ4v) is 3.27. The first-order valence-electron chi connectivity index (χ1n) is 6.85. The van der Waals surface area contributed by atoms with Crippen LogP contribution in [-0.4, -0.2) is 31.5 Å². The molecule has 0 bridgehead atoms. The van der Waals surface area contributed by atoms with Crippen LogP contribution in [0.4, 0.5) is 0 Å². The van der Waals surface area contributed by atoms with E-state index in [1.54, 1.807) is 11.3 Å². The summed E-state index contributed by atoms with van der Waals surface area (Å²) in [5.41, 5.74) is 0. The van der Waals surface area contributed by atoms with Crippen LogP contribution in [-0.2, 0) is 6.54 Å². The topological polar surface area (TPSA) is 27.6 Å². The average molecular weight is 428 g/mol. The van der Waals surface area contributed by atoms with E-state index in [9.17, 15) is 0 Å².